The van der Waals surface area contributed by atoms with Gasteiger partial charge in [0, 0.05) is 38.1 Å². The first-order chi connectivity index (χ1) is 20.0. The number of rotatable bonds is 3. The Morgan fingerprint density at radius 1 is 0.810 bits per heavy atom. The zero-order chi connectivity index (χ0) is 29.5. The Bertz CT molecular complexity index is 2020. The summed E-state index contributed by atoms with van der Waals surface area (Å²) in [7, 11) is 0. The highest BCUT2D eigenvalue weighted by atomic mass is 32.1. The molecule has 1 unspecified atom stereocenters. The van der Waals surface area contributed by atoms with Crippen molar-refractivity contribution in [3.05, 3.63) is 89.0 Å². The number of hydrogen-bond donors (Lipinski definition) is 0. The molecule has 42 heavy (non-hydrogen) atoms. The highest BCUT2D eigenvalue weighted by molar-refractivity contribution is 7.22. The van der Waals surface area contributed by atoms with Crippen LogP contribution in [0, 0.1) is 12.8 Å². The molecule has 1 aliphatic carbocycles. The van der Waals surface area contributed by atoms with Crippen molar-refractivity contribution in [3.8, 4) is 21.7 Å². The van der Waals surface area contributed by atoms with Gasteiger partial charge in [-0.15, -0.1) is 15.9 Å². The van der Waals surface area contributed by atoms with E-state index in [-0.39, 0.29) is 5.41 Å². The molecule has 3 aliphatic rings. The standard InChI is InChI=1S/C38H41N3S/c1-21(2)36-39(22(3)4)38(40(36)23(5)6)28-17-16-27-33(35-34(37(27,8)9)26-12-10-11-13-31(26)42-35)32(28)30-19-15-25-20-24(7)14-18-29(25)41(30)38/h10-23H,1-9H3/q+2. The maximum absolute atomic E-state index is 2.74. The predicted octanol–water partition coefficient (Wildman–Crippen LogP) is 8.80. The van der Waals surface area contributed by atoms with Crippen LogP contribution in [0.3, 0.4) is 0 Å². The van der Waals surface area contributed by atoms with E-state index in [1.165, 1.54) is 70.8 Å². The number of fused-ring (bicyclic) bond motifs is 13. The van der Waals surface area contributed by atoms with Crippen molar-refractivity contribution in [1.29, 1.82) is 0 Å². The average Bonchev–Trinajstić information content (AvgIpc) is 3.52. The summed E-state index contributed by atoms with van der Waals surface area (Å²) in [6, 6.07) is 26.4. The van der Waals surface area contributed by atoms with Crippen LogP contribution in [-0.2, 0) is 11.2 Å². The normalized spacial score (nSPS) is 19.9. The lowest BCUT2D eigenvalue weighted by Crippen LogP contribution is -2.83. The van der Waals surface area contributed by atoms with Gasteiger partial charge in [0.1, 0.15) is 17.6 Å². The molecule has 3 aromatic carbocycles. The van der Waals surface area contributed by atoms with E-state index in [0.29, 0.717) is 18.0 Å². The molecule has 0 amide bonds. The van der Waals surface area contributed by atoms with Crippen molar-refractivity contribution in [1.82, 2.24) is 4.90 Å². The van der Waals surface area contributed by atoms with Crippen LogP contribution >= 0.6 is 11.3 Å². The van der Waals surface area contributed by atoms with E-state index < -0.39 is 5.79 Å². The number of benzene rings is 3. The van der Waals surface area contributed by atoms with E-state index >= 15 is 0 Å². The minimum atomic E-state index is -0.417. The smallest absolute Gasteiger partial charge is 0.156 e. The van der Waals surface area contributed by atoms with Gasteiger partial charge >= 0.3 is 5.79 Å². The van der Waals surface area contributed by atoms with Gasteiger partial charge in [0.2, 0.25) is 11.2 Å². The summed E-state index contributed by atoms with van der Waals surface area (Å²) in [5.74, 6) is 1.45. The third kappa shape index (κ3) is 2.87. The van der Waals surface area contributed by atoms with E-state index in [0.717, 1.165) is 0 Å². The van der Waals surface area contributed by atoms with Crippen molar-refractivity contribution in [2.75, 3.05) is 0 Å². The Kier molecular flexibility index (Phi) is 5.18. The van der Waals surface area contributed by atoms with Crippen molar-refractivity contribution in [2.24, 2.45) is 5.92 Å². The summed E-state index contributed by atoms with van der Waals surface area (Å²) in [6.07, 6.45) is 0. The third-order valence-electron chi connectivity index (χ3n) is 10.1. The highest BCUT2D eigenvalue weighted by Gasteiger charge is 2.77. The molecule has 8 rings (SSSR count). The van der Waals surface area contributed by atoms with Crippen LogP contribution < -0.4 is 4.57 Å². The average molecular weight is 572 g/mol. The minimum absolute atomic E-state index is 0.0574. The lowest BCUT2D eigenvalue weighted by atomic mass is 9.80. The summed E-state index contributed by atoms with van der Waals surface area (Å²) < 4.78 is 6.83. The second kappa shape index (κ2) is 8.32. The van der Waals surface area contributed by atoms with Crippen molar-refractivity contribution in [3.63, 3.8) is 0 Å². The number of hydrogen-bond acceptors (Lipinski definition) is 2. The molecule has 2 aliphatic heterocycles. The number of nitrogens with zero attached hydrogens (tertiary/aromatic N) is 3. The highest BCUT2D eigenvalue weighted by Crippen LogP contribution is 2.61. The maximum Gasteiger partial charge on any atom is 0.479 e. The van der Waals surface area contributed by atoms with Crippen LogP contribution in [0.2, 0.25) is 0 Å². The first-order valence-corrected chi connectivity index (χ1v) is 16.4. The van der Waals surface area contributed by atoms with E-state index in [2.05, 4.69) is 143 Å². The first kappa shape index (κ1) is 26.2. The van der Waals surface area contributed by atoms with Crippen LogP contribution in [0.25, 0.3) is 42.7 Å². The van der Waals surface area contributed by atoms with Gasteiger partial charge in [-0.25, -0.2) is 0 Å². The van der Waals surface area contributed by atoms with E-state index in [4.69, 9.17) is 0 Å². The summed E-state index contributed by atoms with van der Waals surface area (Å²) in [6.45, 7) is 21.3. The summed E-state index contributed by atoms with van der Waals surface area (Å²) in [5.41, 5.74) is 11.1. The number of amidine groups is 1. The molecule has 3 nitrogen and oxygen atoms in total. The van der Waals surface area contributed by atoms with E-state index in [1.54, 1.807) is 0 Å². The third-order valence-corrected chi connectivity index (χ3v) is 11.2. The van der Waals surface area contributed by atoms with Gasteiger partial charge in [0.25, 0.3) is 5.84 Å². The lowest BCUT2D eigenvalue weighted by Gasteiger charge is -2.46. The zero-order valence-electron chi connectivity index (χ0n) is 26.3. The Hall–Kier alpha value is -3.50. The fourth-order valence-corrected chi connectivity index (χ4v) is 10.1. The Labute approximate surface area is 253 Å². The molecule has 5 aromatic rings. The van der Waals surface area contributed by atoms with Gasteiger partial charge in [0.05, 0.1) is 11.5 Å². The van der Waals surface area contributed by atoms with Crippen molar-refractivity contribution >= 4 is 38.2 Å². The lowest BCUT2D eigenvalue weighted by molar-refractivity contribution is -0.955. The number of aryl methyl sites for hydroxylation is 1. The molecule has 0 N–H and O–H groups in total. The number of pyridine rings is 1. The summed E-state index contributed by atoms with van der Waals surface area (Å²) >= 11 is 1.98. The quantitative estimate of drug-likeness (QED) is 0.197. The first-order valence-electron chi connectivity index (χ1n) is 15.6. The van der Waals surface area contributed by atoms with Gasteiger partial charge in [-0.2, -0.15) is 9.48 Å². The van der Waals surface area contributed by atoms with Gasteiger partial charge in [0.15, 0.2) is 0 Å². The largest absolute Gasteiger partial charge is 0.479 e. The molecule has 212 valence electrons. The van der Waals surface area contributed by atoms with Crippen LogP contribution in [0.1, 0.15) is 77.6 Å². The van der Waals surface area contributed by atoms with Crippen molar-refractivity contribution in [2.45, 2.75) is 85.6 Å². The fraction of sp³-hybridized carbons (Fsp3) is 0.368. The SMILES string of the molecule is Cc1ccc2c(ccc3[n+]2C2(c4ccc5c(c4-3)-c3sc4ccccc4c3C5(C)C)N(C(C)C)C(C(C)C)=[N+]2C(C)C)c1. The molecule has 4 heteroatoms. The fourth-order valence-electron chi connectivity index (χ4n) is 8.70. The Morgan fingerprint density at radius 3 is 2.26 bits per heavy atom. The monoisotopic (exact) mass is 571 g/mol. The Balaban J connectivity index is 1.58. The predicted molar refractivity (Wildman–Crippen MR) is 177 cm³/mol. The molecular formula is C38H41N3S+2. The Morgan fingerprint density at radius 2 is 1.55 bits per heavy atom. The molecule has 1 spiro atoms. The topological polar surface area (TPSA) is 10.1 Å². The second-order valence-electron chi connectivity index (χ2n) is 14.0. The molecule has 2 aromatic heterocycles. The van der Waals surface area contributed by atoms with Crippen LogP contribution in [0.4, 0.5) is 0 Å². The van der Waals surface area contributed by atoms with E-state index in [1.807, 2.05) is 11.3 Å². The van der Waals surface area contributed by atoms with Gasteiger partial charge in [-0.3, -0.25) is 0 Å². The zero-order valence-corrected chi connectivity index (χ0v) is 27.1. The molecule has 0 radical (unpaired) electrons. The minimum Gasteiger partial charge on any atom is -0.156 e. The van der Waals surface area contributed by atoms with Crippen LogP contribution in [0.5, 0.6) is 0 Å². The van der Waals surface area contributed by atoms with E-state index in [9.17, 15) is 0 Å². The van der Waals surface area contributed by atoms with Gasteiger partial charge < -0.3 is 0 Å². The molecule has 0 bridgehead atoms. The summed E-state index contributed by atoms with van der Waals surface area (Å²) in [4.78, 5) is 4.20. The molecule has 0 saturated heterocycles. The number of aromatic nitrogens is 1. The maximum atomic E-state index is 2.74. The summed E-state index contributed by atoms with van der Waals surface area (Å²) in [5, 5.41) is 2.71. The van der Waals surface area contributed by atoms with Crippen LogP contribution in [-0.4, -0.2) is 27.4 Å². The van der Waals surface area contributed by atoms with Crippen molar-refractivity contribution < 1.29 is 9.14 Å². The van der Waals surface area contributed by atoms with Crippen LogP contribution in [0.15, 0.2) is 66.7 Å². The molecule has 1 atom stereocenters. The molecule has 0 saturated carbocycles. The van der Waals surface area contributed by atoms with Gasteiger partial charge in [-0.05, 0) is 75.4 Å². The molecule has 0 fully saturated rings. The second-order valence-corrected chi connectivity index (χ2v) is 15.1. The number of thiophene rings is 1. The molecule has 4 heterocycles. The molecular weight excluding hydrogens is 531 g/mol. The van der Waals surface area contributed by atoms with Gasteiger partial charge in [-0.1, -0.05) is 63.6 Å².